The minimum absolute atomic E-state index is 0.364. The molecule has 3 heterocycles. The van der Waals surface area contributed by atoms with Gasteiger partial charge in [-0.2, -0.15) is 0 Å². The second-order valence-corrected chi connectivity index (χ2v) is 4.00. The summed E-state index contributed by atoms with van der Waals surface area (Å²) in [6.45, 7) is 2.82. The van der Waals surface area contributed by atoms with Gasteiger partial charge in [0.1, 0.15) is 5.52 Å². The maximum Gasteiger partial charge on any atom is 0.194 e. The van der Waals surface area contributed by atoms with Crippen molar-refractivity contribution in [1.29, 1.82) is 0 Å². The van der Waals surface area contributed by atoms with E-state index in [1.807, 2.05) is 29.7 Å². The van der Waals surface area contributed by atoms with Crippen molar-refractivity contribution in [1.82, 2.24) is 14.5 Å². The van der Waals surface area contributed by atoms with Crippen molar-refractivity contribution in [2.75, 3.05) is 0 Å². The summed E-state index contributed by atoms with van der Waals surface area (Å²) in [4.78, 5) is 8.85. The lowest BCUT2D eigenvalue weighted by Crippen LogP contribution is -1.97. The summed E-state index contributed by atoms with van der Waals surface area (Å²) in [7, 11) is 0. The number of imidazole rings is 1. The number of fused-ring (bicyclic) bond motifs is 1. The Labute approximate surface area is 103 Å². The molecule has 0 saturated carbocycles. The second kappa shape index (κ2) is 3.89. The van der Waals surface area contributed by atoms with Crippen LogP contribution in [0.2, 0.25) is 5.22 Å². The van der Waals surface area contributed by atoms with Crippen LogP contribution in [0, 0.1) is 0 Å². The molecular weight excluding hydrogens is 238 g/mol. The highest BCUT2D eigenvalue weighted by molar-refractivity contribution is 6.28. The van der Waals surface area contributed by atoms with Crippen molar-refractivity contribution in [3.63, 3.8) is 0 Å². The van der Waals surface area contributed by atoms with E-state index in [4.69, 9.17) is 16.0 Å². The molecule has 0 aliphatic carbocycles. The van der Waals surface area contributed by atoms with Gasteiger partial charge in [0, 0.05) is 12.7 Å². The topological polar surface area (TPSA) is 43.9 Å². The largest absolute Gasteiger partial charge is 0.441 e. The van der Waals surface area contributed by atoms with Crippen LogP contribution in [0.5, 0.6) is 0 Å². The highest BCUT2D eigenvalue weighted by Gasteiger charge is 2.14. The summed E-state index contributed by atoms with van der Waals surface area (Å²) >= 11 is 5.79. The average molecular weight is 248 g/mol. The number of nitrogens with zero attached hydrogens (tertiary/aromatic N) is 3. The van der Waals surface area contributed by atoms with E-state index in [-0.39, 0.29) is 0 Å². The first-order chi connectivity index (χ1) is 8.29. The molecule has 0 bridgehead atoms. The maximum absolute atomic E-state index is 5.79. The number of aryl methyl sites for hydroxylation is 1. The fraction of sp³-hybridized carbons (Fsp3) is 0.167. The van der Waals surface area contributed by atoms with Crippen LogP contribution in [-0.2, 0) is 6.54 Å². The number of pyridine rings is 1. The van der Waals surface area contributed by atoms with E-state index in [2.05, 4.69) is 9.97 Å². The molecule has 17 heavy (non-hydrogen) atoms. The Morgan fingerprint density at radius 2 is 2.24 bits per heavy atom. The predicted octanol–water partition coefficient (Wildman–Crippen LogP) is 3.36. The van der Waals surface area contributed by atoms with Crippen LogP contribution in [0.4, 0.5) is 0 Å². The van der Waals surface area contributed by atoms with Crippen LogP contribution in [0.25, 0.3) is 22.7 Å². The third-order valence-corrected chi connectivity index (χ3v) is 2.82. The van der Waals surface area contributed by atoms with Gasteiger partial charge in [0.25, 0.3) is 0 Å². The highest BCUT2D eigenvalue weighted by Crippen LogP contribution is 2.26. The number of hydrogen-bond donors (Lipinski definition) is 0. The van der Waals surface area contributed by atoms with Gasteiger partial charge in [0.15, 0.2) is 22.5 Å². The third kappa shape index (κ3) is 1.61. The Kier molecular flexibility index (Phi) is 2.37. The maximum atomic E-state index is 5.79. The molecule has 86 valence electrons. The first kappa shape index (κ1) is 10.4. The average Bonchev–Trinajstić information content (AvgIpc) is 2.91. The lowest BCUT2D eigenvalue weighted by molar-refractivity contribution is 0.573. The smallest absolute Gasteiger partial charge is 0.194 e. The van der Waals surface area contributed by atoms with E-state index in [1.165, 1.54) is 0 Å². The quantitative estimate of drug-likeness (QED) is 0.697. The lowest BCUT2D eigenvalue weighted by atomic mass is 10.4. The standard InChI is InChI=1S/C12H10ClN3O/c1-2-16-11-8(4-3-7-14-11)15-12(16)9-5-6-10(13)17-9/h3-7H,2H2,1H3. The van der Waals surface area contributed by atoms with Gasteiger partial charge in [0.2, 0.25) is 0 Å². The Bertz CT molecular complexity index is 671. The molecule has 0 amide bonds. The van der Waals surface area contributed by atoms with Gasteiger partial charge in [0.05, 0.1) is 0 Å². The van der Waals surface area contributed by atoms with Crippen molar-refractivity contribution >= 4 is 22.8 Å². The Morgan fingerprint density at radius 3 is 2.94 bits per heavy atom. The van der Waals surface area contributed by atoms with Crippen molar-refractivity contribution in [3.05, 3.63) is 35.7 Å². The van der Waals surface area contributed by atoms with Crippen molar-refractivity contribution in [2.24, 2.45) is 0 Å². The van der Waals surface area contributed by atoms with Gasteiger partial charge in [-0.05, 0) is 42.8 Å². The van der Waals surface area contributed by atoms with Crippen LogP contribution in [-0.4, -0.2) is 14.5 Å². The first-order valence-electron chi connectivity index (χ1n) is 5.36. The number of hydrogen-bond acceptors (Lipinski definition) is 3. The van der Waals surface area contributed by atoms with Crippen molar-refractivity contribution in [3.8, 4) is 11.6 Å². The molecule has 0 aliphatic heterocycles. The molecule has 3 aromatic rings. The summed E-state index contributed by atoms with van der Waals surface area (Å²) in [5.41, 5.74) is 1.72. The first-order valence-corrected chi connectivity index (χ1v) is 5.74. The van der Waals surface area contributed by atoms with E-state index < -0.39 is 0 Å². The van der Waals surface area contributed by atoms with Crippen LogP contribution >= 0.6 is 11.6 Å². The molecule has 0 radical (unpaired) electrons. The van der Waals surface area contributed by atoms with Crippen LogP contribution < -0.4 is 0 Å². The van der Waals surface area contributed by atoms with Crippen LogP contribution in [0.1, 0.15) is 6.92 Å². The van der Waals surface area contributed by atoms with Gasteiger partial charge in [-0.3, -0.25) is 0 Å². The summed E-state index contributed by atoms with van der Waals surface area (Å²) in [6, 6.07) is 7.33. The van der Waals surface area contributed by atoms with Gasteiger partial charge in [-0.15, -0.1) is 0 Å². The van der Waals surface area contributed by atoms with E-state index in [1.54, 1.807) is 12.3 Å². The fourth-order valence-corrected chi connectivity index (χ4v) is 2.03. The molecule has 0 aliphatic rings. The molecule has 0 atom stereocenters. The van der Waals surface area contributed by atoms with Gasteiger partial charge in [-0.25, -0.2) is 9.97 Å². The number of rotatable bonds is 2. The monoisotopic (exact) mass is 247 g/mol. The third-order valence-electron chi connectivity index (χ3n) is 2.61. The van der Waals surface area contributed by atoms with Crippen molar-refractivity contribution in [2.45, 2.75) is 13.5 Å². The molecular formula is C12H10ClN3O. The number of aromatic nitrogens is 3. The molecule has 5 heteroatoms. The van der Waals surface area contributed by atoms with E-state index >= 15 is 0 Å². The summed E-state index contributed by atoms with van der Waals surface area (Å²) in [5.74, 6) is 1.42. The molecule has 0 saturated heterocycles. The zero-order valence-corrected chi connectivity index (χ0v) is 9.98. The van der Waals surface area contributed by atoms with Gasteiger partial charge >= 0.3 is 0 Å². The molecule has 0 N–H and O–H groups in total. The minimum atomic E-state index is 0.364. The Balaban J connectivity index is 2.29. The van der Waals surface area contributed by atoms with Crippen LogP contribution in [0.3, 0.4) is 0 Å². The Morgan fingerprint density at radius 1 is 1.35 bits per heavy atom. The highest BCUT2D eigenvalue weighted by atomic mass is 35.5. The summed E-state index contributed by atoms with van der Waals surface area (Å²) in [5, 5.41) is 0.364. The number of halogens is 1. The molecule has 4 nitrogen and oxygen atoms in total. The lowest BCUT2D eigenvalue weighted by Gasteiger charge is -2.01. The second-order valence-electron chi connectivity index (χ2n) is 3.63. The van der Waals surface area contributed by atoms with E-state index in [0.717, 1.165) is 23.5 Å². The predicted molar refractivity (Wildman–Crippen MR) is 65.9 cm³/mol. The molecule has 0 spiro atoms. The summed E-state index contributed by atoms with van der Waals surface area (Å²) < 4.78 is 7.40. The van der Waals surface area contributed by atoms with Gasteiger partial charge in [-0.1, -0.05) is 0 Å². The summed E-state index contributed by atoms with van der Waals surface area (Å²) in [6.07, 6.45) is 1.76. The molecule has 3 aromatic heterocycles. The minimum Gasteiger partial charge on any atom is -0.441 e. The SMILES string of the molecule is CCn1c(-c2ccc(Cl)o2)nc2cccnc21. The molecule has 0 unspecified atom stereocenters. The van der Waals surface area contributed by atoms with Crippen LogP contribution in [0.15, 0.2) is 34.9 Å². The number of furan rings is 1. The fourth-order valence-electron chi connectivity index (χ4n) is 1.88. The zero-order valence-electron chi connectivity index (χ0n) is 9.22. The van der Waals surface area contributed by atoms with Crippen molar-refractivity contribution < 1.29 is 4.42 Å². The Hall–Kier alpha value is -1.81. The zero-order chi connectivity index (χ0) is 11.8. The van der Waals surface area contributed by atoms with E-state index in [9.17, 15) is 0 Å². The normalized spacial score (nSPS) is 11.2. The molecule has 0 fully saturated rings. The van der Waals surface area contributed by atoms with Gasteiger partial charge < -0.3 is 8.98 Å². The molecule has 3 rings (SSSR count). The molecule has 0 aromatic carbocycles. The van der Waals surface area contributed by atoms with E-state index in [0.29, 0.717) is 11.0 Å².